The highest BCUT2D eigenvalue weighted by Crippen LogP contribution is 2.14. The van der Waals surface area contributed by atoms with E-state index < -0.39 is 0 Å². The van der Waals surface area contributed by atoms with Gasteiger partial charge in [0, 0.05) is 0 Å². The van der Waals surface area contributed by atoms with E-state index in [0.717, 1.165) is 6.29 Å². The number of thiophene rings is 1. The first-order valence-electron chi connectivity index (χ1n) is 2.12. The zero-order chi connectivity index (χ0) is 5.98. The second kappa shape index (κ2) is 1.96. The molecule has 0 aliphatic rings. The topological polar surface area (TPSA) is 43.1 Å². The summed E-state index contributed by atoms with van der Waals surface area (Å²) in [6, 6.07) is 1.72. The fraction of sp³-hybridized carbons (Fsp3) is 0. The smallest absolute Gasteiger partial charge is 0.162 e. The van der Waals surface area contributed by atoms with E-state index in [-0.39, 0.29) is 0 Å². The molecule has 0 unspecified atom stereocenters. The van der Waals surface area contributed by atoms with Crippen molar-refractivity contribution in [1.29, 1.82) is 0 Å². The number of nitrogens with two attached hydrogens (primary N) is 1. The van der Waals surface area contributed by atoms with Gasteiger partial charge in [-0.2, -0.15) is 0 Å². The van der Waals surface area contributed by atoms with E-state index >= 15 is 0 Å². The summed E-state index contributed by atoms with van der Waals surface area (Å²) in [5.74, 6) is 0. The summed E-state index contributed by atoms with van der Waals surface area (Å²) in [6.07, 6.45) is 0.764. The Kier molecular flexibility index (Phi) is 1.30. The summed E-state index contributed by atoms with van der Waals surface area (Å²) in [5.41, 5.74) is 5.90. The van der Waals surface area contributed by atoms with Crippen LogP contribution >= 0.6 is 11.3 Å². The Morgan fingerprint density at radius 2 is 2.50 bits per heavy atom. The van der Waals surface area contributed by atoms with Gasteiger partial charge < -0.3 is 5.73 Å². The average molecular weight is 127 g/mol. The van der Waals surface area contributed by atoms with Crippen molar-refractivity contribution in [3.63, 3.8) is 0 Å². The number of carbonyl (C=O) groups is 1. The fourth-order valence-electron chi connectivity index (χ4n) is 0.427. The Morgan fingerprint density at radius 3 is 2.75 bits per heavy atom. The van der Waals surface area contributed by atoms with Gasteiger partial charge in [-0.15, -0.1) is 11.3 Å². The van der Waals surface area contributed by atoms with Crippen molar-refractivity contribution in [3.05, 3.63) is 16.3 Å². The fourth-order valence-corrected chi connectivity index (χ4v) is 1.05. The molecule has 2 N–H and O–H groups in total. The first kappa shape index (κ1) is 5.31. The largest absolute Gasteiger partial charge is 0.397 e. The van der Waals surface area contributed by atoms with Crippen molar-refractivity contribution >= 4 is 23.3 Å². The molecular formula is C5H5NOS. The van der Waals surface area contributed by atoms with Crippen LogP contribution in [0.5, 0.6) is 0 Å². The maximum atomic E-state index is 10.0. The number of anilines is 1. The van der Waals surface area contributed by atoms with Crippen molar-refractivity contribution in [2.75, 3.05) is 5.73 Å². The molecule has 1 heterocycles. The lowest BCUT2D eigenvalue weighted by atomic mass is 10.4. The van der Waals surface area contributed by atoms with Crippen LogP contribution in [0.25, 0.3) is 0 Å². The van der Waals surface area contributed by atoms with Crippen LogP contribution in [-0.2, 0) is 0 Å². The minimum atomic E-state index is 0.574. The monoisotopic (exact) mass is 127 g/mol. The standard InChI is InChI=1S/C5H5NOS/c6-4-1-2-8-5(4)3-7/h1-3H,6H2. The molecule has 0 amide bonds. The zero-order valence-electron chi connectivity index (χ0n) is 4.13. The van der Waals surface area contributed by atoms with Gasteiger partial charge in [0.2, 0.25) is 0 Å². The zero-order valence-corrected chi connectivity index (χ0v) is 4.94. The molecule has 8 heavy (non-hydrogen) atoms. The van der Waals surface area contributed by atoms with Gasteiger partial charge in [0.15, 0.2) is 6.29 Å². The molecule has 2 nitrogen and oxygen atoms in total. The Morgan fingerprint density at radius 1 is 1.75 bits per heavy atom. The first-order valence-corrected chi connectivity index (χ1v) is 3.00. The molecule has 1 aromatic heterocycles. The third kappa shape index (κ3) is 0.721. The number of rotatable bonds is 1. The van der Waals surface area contributed by atoms with Gasteiger partial charge >= 0.3 is 0 Å². The molecule has 0 aliphatic carbocycles. The summed E-state index contributed by atoms with van der Waals surface area (Å²) in [7, 11) is 0. The Labute approximate surface area is 50.9 Å². The SMILES string of the molecule is Nc1ccsc1C=O. The quantitative estimate of drug-likeness (QED) is 0.575. The molecule has 0 saturated carbocycles. The normalized spacial score (nSPS) is 9.00. The van der Waals surface area contributed by atoms with Crippen molar-refractivity contribution in [1.82, 2.24) is 0 Å². The number of carbonyl (C=O) groups excluding carboxylic acids is 1. The Balaban J connectivity index is 3.09. The van der Waals surface area contributed by atoms with Crippen molar-refractivity contribution < 1.29 is 4.79 Å². The predicted octanol–water partition coefficient (Wildman–Crippen LogP) is 1.14. The van der Waals surface area contributed by atoms with E-state index in [1.54, 1.807) is 11.4 Å². The summed E-state index contributed by atoms with van der Waals surface area (Å²) < 4.78 is 0. The van der Waals surface area contributed by atoms with Crippen LogP contribution in [-0.4, -0.2) is 6.29 Å². The molecule has 42 valence electrons. The molecule has 1 aromatic rings. The number of hydrogen-bond acceptors (Lipinski definition) is 3. The number of hydrogen-bond donors (Lipinski definition) is 1. The predicted molar refractivity (Wildman–Crippen MR) is 34.1 cm³/mol. The van der Waals surface area contributed by atoms with Crippen molar-refractivity contribution in [2.24, 2.45) is 0 Å². The van der Waals surface area contributed by atoms with Crippen molar-refractivity contribution in [2.45, 2.75) is 0 Å². The highest BCUT2D eigenvalue weighted by atomic mass is 32.1. The van der Waals surface area contributed by atoms with E-state index in [4.69, 9.17) is 5.73 Å². The van der Waals surface area contributed by atoms with Gasteiger partial charge in [0.05, 0.1) is 10.6 Å². The summed E-state index contributed by atoms with van der Waals surface area (Å²) in [4.78, 5) is 10.6. The lowest BCUT2D eigenvalue weighted by Crippen LogP contribution is -1.83. The molecular weight excluding hydrogens is 122 g/mol. The lowest BCUT2D eigenvalue weighted by molar-refractivity contribution is 0.112. The molecule has 0 aliphatic heterocycles. The van der Waals surface area contributed by atoms with Gasteiger partial charge in [-0.3, -0.25) is 4.79 Å². The van der Waals surface area contributed by atoms with Gasteiger partial charge in [-0.05, 0) is 11.4 Å². The third-order valence-electron chi connectivity index (χ3n) is 0.834. The maximum Gasteiger partial charge on any atom is 0.162 e. The van der Waals surface area contributed by atoms with Gasteiger partial charge in [0.25, 0.3) is 0 Å². The summed E-state index contributed by atoms with van der Waals surface area (Å²) in [6.45, 7) is 0. The van der Waals surface area contributed by atoms with E-state index in [1.165, 1.54) is 11.3 Å². The van der Waals surface area contributed by atoms with Crippen LogP contribution in [0.2, 0.25) is 0 Å². The van der Waals surface area contributed by atoms with E-state index in [9.17, 15) is 4.79 Å². The molecule has 0 saturated heterocycles. The van der Waals surface area contributed by atoms with Crippen LogP contribution in [0.1, 0.15) is 9.67 Å². The second-order valence-electron chi connectivity index (χ2n) is 1.36. The summed E-state index contributed by atoms with van der Waals surface area (Å²) >= 11 is 1.36. The molecule has 0 bridgehead atoms. The molecule has 0 atom stereocenters. The molecule has 3 heteroatoms. The second-order valence-corrected chi connectivity index (χ2v) is 2.31. The summed E-state index contributed by atoms with van der Waals surface area (Å²) in [5, 5.41) is 1.79. The van der Waals surface area contributed by atoms with Gasteiger partial charge in [-0.1, -0.05) is 0 Å². The molecule has 0 spiro atoms. The molecule has 1 rings (SSSR count). The first-order chi connectivity index (χ1) is 3.84. The molecule has 0 radical (unpaired) electrons. The van der Waals surface area contributed by atoms with Crippen LogP contribution in [0.4, 0.5) is 5.69 Å². The van der Waals surface area contributed by atoms with Crippen molar-refractivity contribution in [3.8, 4) is 0 Å². The minimum absolute atomic E-state index is 0.574. The van der Waals surface area contributed by atoms with Crippen LogP contribution < -0.4 is 5.73 Å². The number of nitrogen functional groups attached to an aromatic ring is 1. The number of aldehydes is 1. The van der Waals surface area contributed by atoms with Crippen LogP contribution in [0.15, 0.2) is 11.4 Å². The van der Waals surface area contributed by atoms with Crippen LogP contribution in [0.3, 0.4) is 0 Å². The highest BCUT2D eigenvalue weighted by Gasteiger charge is 1.94. The molecule has 0 aromatic carbocycles. The van der Waals surface area contributed by atoms with E-state index in [0.29, 0.717) is 10.6 Å². The average Bonchev–Trinajstić information content (AvgIpc) is 2.14. The van der Waals surface area contributed by atoms with Crippen LogP contribution in [0, 0.1) is 0 Å². The van der Waals surface area contributed by atoms with E-state index in [1.807, 2.05) is 0 Å². The maximum absolute atomic E-state index is 10.0. The third-order valence-corrected chi connectivity index (χ3v) is 1.69. The highest BCUT2D eigenvalue weighted by molar-refractivity contribution is 7.12. The molecule has 0 fully saturated rings. The van der Waals surface area contributed by atoms with Gasteiger partial charge in [-0.25, -0.2) is 0 Å². The lowest BCUT2D eigenvalue weighted by Gasteiger charge is -1.80. The van der Waals surface area contributed by atoms with Gasteiger partial charge in [0.1, 0.15) is 0 Å². The minimum Gasteiger partial charge on any atom is -0.397 e. The Bertz CT molecular complexity index is 194. The Hall–Kier alpha value is -0.830. The van der Waals surface area contributed by atoms with E-state index in [2.05, 4.69) is 0 Å².